The Morgan fingerprint density at radius 1 is 1.56 bits per heavy atom. The average molecular weight is 249 g/mol. The summed E-state index contributed by atoms with van der Waals surface area (Å²) < 4.78 is 30.0. The topological polar surface area (TPSA) is 95.5 Å². The van der Waals surface area contributed by atoms with Crippen molar-refractivity contribution in [1.29, 1.82) is 0 Å². The van der Waals surface area contributed by atoms with Crippen LogP contribution in [0.4, 0.5) is 0 Å². The first kappa shape index (κ1) is 13.1. The molecule has 0 aliphatic heterocycles. The first-order valence-corrected chi connectivity index (χ1v) is 6.15. The van der Waals surface area contributed by atoms with Gasteiger partial charge in [-0.25, -0.2) is 8.42 Å². The molecule has 0 amide bonds. The lowest BCUT2D eigenvalue weighted by molar-refractivity contribution is 0.168. The molecule has 92 valence electrons. The number of aromatic amines is 1. The number of aliphatic hydroxyl groups excluding tert-OH is 1. The number of ether oxygens (including phenoxy) is 1. The third-order valence-electron chi connectivity index (χ3n) is 2.01. The van der Waals surface area contributed by atoms with E-state index in [0.29, 0.717) is 0 Å². The molecule has 0 aromatic carbocycles. The average Bonchev–Trinajstić information content (AvgIpc) is 2.77. The molecule has 2 N–H and O–H groups in total. The molecule has 7 nitrogen and oxygen atoms in total. The Morgan fingerprint density at radius 3 is 2.81 bits per heavy atom. The van der Waals surface area contributed by atoms with Crippen molar-refractivity contribution >= 4 is 10.0 Å². The highest BCUT2D eigenvalue weighted by Crippen LogP contribution is 2.12. The Hall–Kier alpha value is -0.960. The van der Waals surface area contributed by atoms with E-state index in [9.17, 15) is 8.42 Å². The lowest BCUT2D eigenvalue weighted by atomic mass is 10.6. The fourth-order valence-corrected chi connectivity index (χ4v) is 2.51. The van der Waals surface area contributed by atoms with Gasteiger partial charge in [-0.2, -0.15) is 9.40 Å². The molecule has 0 bridgehead atoms. The normalized spacial score (nSPS) is 12.2. The highest BCUT2D eigenvalue weighted by atomic mass is 32.2. The summed E-state index contributed by atoms with van der Waals surface area (Å²) in [4.78, 5) is 0.0806. The third kappa shape index (κ3) is 3.01. The van der Waals surface area contributed by atoms with Crippen LogP contribution in [0.2, 0.25) is 0 Å². The van der Waals surface area contributed by atoms with Gasteiger partial charge in [0.05, 0.1) is 19.4 Å². The van der Waals surface area contributed by atoms with Crippen LogP contribution >= 0.6 is 0 Å². The number of aromatic nitrogens is 2. The lowest BCUT2D eigenvalue weighted by Crippen LogP contribution is -2.36. The second-order valence-corrected chi connectivity index (χ2v) is 4.99. The highest BCUT2D eigenvalue weighted by Gasteiger charge is 2.24. The van der Waals surface area contributed by atoms with Crippen LogP contribution in [0.5, 0.6) is 0 Å². The second-order valence-electron chi connectivity index (χ2n) is 3.05. The maximum Gasteiger partial charge on any atom is 0.246 e. The summed E-state index contributed by atoms with van der Waals surface area (Å²) in [7, 11) is -2.10. The van der Waals surface area contributed by atoms with Gasteiger partial charge in [0.2, 0.25) is 10.0 Å². The minimum absolute atomic E-state index is 0.0386. The molecule has 0 aliphatic rings. The van der Waals surface area contributed by atoms with E-state index >= 15 is 0 Å². The van der Waals surface area contributed by atoms with E-state index in [2.05, 4.69) is 10.2 Å². The summed E-state index contributed by atoms with van der Waals surface area (Å²) in [6, 6.07) is 0. The van der Waals surface area contributed by atoms with E-state index in [-0.39, 0.29) is 31.2 Å². The first-order chi connectivity index (χ1) is 7.62. The zero-order valence-corrected chi connectivity index (χ0v) is 9.77. The van der Waals surface area contributed by atoms with Crippen molar-refractivity contribution in [2.45, 2.75) is 4.90 Å². The van der Waals surface area contributed by atoms with Gasteiger partial charge in [-0.3, -0.25) is 5.10 Å². The van der Waals surface area contributed by atoms with Gasteiger partial charge in [-0.1, -0.05) is 0 Å². The van der Waals surface area contributed by atoms with Gasteiger partial charge in [0.15, 0.2) is 0 Å². The SMILES string of the molecule is COCCN(CCO)S(=O)(=O)c1cn[nH]c1. The molecule has 8 heteroatoms. The van der Waals surface area contributed by atoms with Crippen molar-refractivity contribution in [3.05, 3.63) is 12.4 Å². The van der Waals surface area contributed by atoms with E-state index < -0.39 is 10.0 Å². The van der Waals surface area contributed by atoms with Gasteiger partial charge in [0, 0.05) is 26.4 Å². The van der Waals surface area contributed by atoms with Gasteiger partial charge in [0.25, 0.3) is 0 Å². The molecule has 1 aromatic heterocycles. The molecule has 1 aromatic rings. The summed E-state index contributed by atoms with van der Waals surface area (Å²) >= 11 is 0. The fourth-order valence-electron chi connectivity index (χ4n) is 1.19. The van der Waals surface area contributed by atoms with Crippen LogP contribution in [0.1, 0.15) is 0 Å². The predicted octanol–water partition coefficient (Wildman–Crippen LogP) is -0.961. The summed E-state index contributed by atoms with van der Waals surface area (Å²) in [5.41, 5.74) is 0. The third-order valence-corrected chi connectivity index (χ3v) is 3.87. The molecule has 0 saturated heterocycles. The minimum Gasteiger partial charge on any atom is -0.395 e. The van der Waals surface area contributed by atoms with E-state index in [1.165, 1.54) is 19.5 Å². The molecule has 16 heavy (non-hydrogen) atoms. The number of sulfonamides is 1. The molecular weight excluding hydrogens is 234 g/mol. The Labute approximate surface area is 94.1 Å². The van der Waals surface area contributed by atoms with Crippen LogP contribution in [0.25, 0.3) is 0 Å². The quantitative estimate of drug-likeness (QED) is 0.649. The molecule has 0 fully saturated rings. The number of rotatable bonds is 7. The maximum atomic E-state index is 12.0. The van der Waals surface area contributed by atoms with Crippen molar-refractivity contribution in [1.82, 2.24) is 14.5 Å². The Morgan fingerprint density at radius 2 is 2.31 bits per heavy atom. The van der Waals surface area contributed by atoms with Crippen LogP contribution in [-0.4, -0.2) is 61.4 Å². The molecule has 0 spiro atoms. The van der Waals surface area contributed by atoms with Crippen molar-refractivity contribution in [3.8, 4) is 0 Å². The number of hydrogen-bond acceptors (Lipinski definition) is 5. The summed E-state index contributed by atoms with van der Waals surface area (Å²) in [6.45, 7) is 0.277. The lowest BCUT2D eigenvalue weighted by Gasteiger charge is -2.19. The van der Waals surface area contributed by atoms with Gasteiger partial charge in [0.1, 0.15) is 4.90 Å². The first-order valence-electron chi connectivity index (χ1n) is 4.71. The molecule has 1 rings (SSSR count). The molecule has 0 aliphatic carbocycles. The predicted molar refractivity (Wildman–Crippen MR) is 56.3 cm³/mol. The molecule has 0 radical (unpaired) electrons. The zero-order valence-electron chi connectivity index (χ0n) is 8.96. The molecule has 0 atom stereocenters. The van der Waals surface area contributed by atoms with E-state index in [1.54, 1.807) is 0 Å². The van der Waals surface area contributed by atoms with E-state index in [0.717, 1.165) is 4.31 Å². The minimum atomic E-state index is -3.59. The summed E-state index contributed by atoms with van der Waals surface area (Å²) in [5.74, 6) is 0. The largest absolute Gasteiger partial charge is 0.395 e. The molecule has 0 unspecified atom stereocenters. The van der Waals surface area contributed by atoms with Gasteiger partial charge in [-0.15, -0.1) is 0 Å². The second kappa shape index (κ2) is 5.94. The summed E-state index contributed by atoms with van der Waals surface area (Å²) in [6.07, 6.45) is 2.53. The fraction of sp³-hybridized carbons (Fsp3) is 0.625. The Bertz CT molecular complexity index is 389. The number of nitrogens with one attached hydrogen (secondary N) is 1. The number of hydrogen-bond donors (Lipinski definition) is 2. The van der Waals surface area contributed by atoms with Crippen LogP contribution in [0.15, 0.2) is 17.3 Å². The van der Waals surface area contributed by atoms with Crippen molar-refractivity contribution in [2.24, 2.45) is 0 Å². The van der Waals surface area contributed by atoms with Crippen molar-refractivity contribution in [2.75, 3.05) is 33.4 Å². The summed E-state index contributed by atoms with van der Waals surface area (Å²) in [5, 5.41) is 14.9. The number of aliphatic hydroxyl groups is 1. The van der Waals surface area contributed by atoms with Crippen molar-refractivity contribution < 1.29 is 18.3 Å². The Balaban J connectivity index is 2.84. The number of nitrogens with zero attached hydrogens (tertiary/aromatic N) is 2. The van der Waals surface area contributed by atoms with E-state index in [1.807, 2.05) is 0 Å². The van der Waals surface area contributed by atoms with Gasteiger partial charge in [-0.05, 0) is 0 Å². The molecule has 1 heterocycles. The zero-order chi connectivity index (χ0) is 12.0. The maximum absolute atomic E-state index is 12.0. The number of H-pyrrole nitrogens is 1. The van der Waals surface area contributed by atoms with Gasteiger partial charge < -0.3 is 9.84 Å². The smallest absolute Gasteiger partial charge is 0.246 e. The van der Waals surface area contributed by atoms with Crippen LogP contribution in [-0.2, 0) is 14.8 Å². The van der Waals surface area contributed by atoms with Crippen LogP contribution in [0.3, 0.4) is 0 Å². The van der Waals surface area contributed by atoms with Crippen LogP contribution in [0, 0.1) is 0 Å². The monoisotopic (exact) mass is 249 g/mol. The molecular formula is C8H15N3O4S. The number of methoxy groups -OCH3 is 1. The Kier molecular flexibility index (Phi) is 4.87. The highest BCUT2D eigenvalue weighted by molar-refractivity contribution is 7.89. The van der Waals surface area contributed by atoms with Crippen LogP contribution < -0.4 is 0 Å². The van der Waals surface area contributed by atoms with Gasteiger partial charge >= 0.3 is 0 Å². The molecule has 0 saturated carbocycles. The van der Waals surface area contributed by atoms with E-state index in [4.69, 9.17) is 9.84 Å². The van der Waals surface area contributed by atoms with Crippen molar-refractivity contribution in [3.63, 3.8) is 0 Å². The standard InChI is InChI=1S/C8H15N3O4S/c1-15-5-3-11(2-4-12)16(13,14)8-6-9-10-7-8/h6-7,12H,2-5H2,1H3,(H,9,10).